The molecule has 0 bridgehead atoms. The molecule has 0 radical (unpaired) electrons. The highest BCUT2D eigenvalue weighted by Crippen LogP contribution is 2.25. The van der Waals surface area contributed by atoms with Gasteiger partial charge in [-0.05, 0) is 48.6 Å². The van der Waals surface area contributed by atoms with Gasteiger partial charge in [0.15, 0.2) is 5.82 Å². The quantitative estimate of drug-likeness (QED) is 0.474. The summed E-state index contributed by atoms with van der Waals surface area (Å²) in [5.74, 6) is -0.194. The summed E-state index contributed by atoms with van der Waals surface area (Å²) in [4.78, 5) is 17.8. The van der Waals surface area contributed by atoms with Gasteiger partial charge in [0.05, 0.1) is 16.8 Å². The van der Waals surface area contributed by atoms with E-state index < -0.39 is 0 Å². The van der Waals surface area contributed by atoms with Crippen LogP contribution >= 0.6 is 11.3 Å². The lowest BCUT2D eigenvalue weighted by Gasteiger charge is -2.04. The molecule has 148 valence electrons. The zero-order valence-electron chi connectivity index (χ0n) is 15.7. The Kier molecular flexibility index (Phi) is 5.48. The van der Waals surface area contributed by atoms with Gasteiger partial charge in [-0.3, -0.25) is 9.48 Å². The van der Waals surface area contributed by atoms with Gasteiger partial charge >= 0.3 is 0 Å². The molecule has 1 aromatic carbocycles. The zero-order chi connectivity index (χ0) is 20.2. The first-order chi connectivity index (χ1) is 14.1. The summed E-state index contributed by atoms with van der Waals surface area (Å²) in [7, 11) is 0. The minimum atomic E-state index is -0.380. The van der Waals surface area contributed by atoms with Crippen LogP contribution in [0.1, 0.15) is 22.6 Å². The lowest BCUT2D eigenvalue weighted by Crippen LogP contribution is -2.26. The number of nitrogens with one attached hydrogen (secondary N) is 1. The van der Waals surface area contributed by atoms with E-state index in [1.54, 1.807) is 18.3 Å². The number of rotatable bonds is 7. The Bertz CT molecular complexity index is 1120. The topological polar surface area (TPSA) is 77.6 Å². The number of aromatic nitrogens is 5. The third kappa shape index (κ3) is 4.40. The molecule has 0 aliphatic carbocycles. The van der Waals surface area contributed by atoms with Crippen LogP contribution < -0.4 is 5.32 Å². The molecule has 4 aromatic rings. The molecule has 7 nitrogen and oxygen atoms in total. The molecule has 0 spiro atoms. The number of hydrogen-bond acceptors (Lipinski definition) is 5. The predicted molar refractivity (Wildman–Crippen MR) is 109 cm³/mol. The highest BCUT2D eigenvalue weighted by Gasteiger charge is 2.19. The van der Waals surface area contributed by atoms with Gasteiger partial charge in [0, 0.05) is 19.3 Å². The predicted octanol–water partition coefficient (Wildman–Crippen LogP) is 3.46. The summed E-state index contributed by atoms with van der Waals surface area (Å²) in [5, 5.41) is 13.3. The van der Waals surface area contributed by atoms with Crippen molar-refractivity contribution in [1.82, 2.24) is 29.9 Å². The first kappa shape index (κ1) is 19.0. The second-order valence-corrected chi connectivity index (χ2v) is 7.47. The largest absolute Gasteiger partial charge is 0.349 e. The van der Waals surface area contributed by atoms with Gasteiger partial charge in [0.2, 0.25) is 5.82 Å². The van der Waals surface area contributed by atoms with Crippen molar-refractivity contribution >= 4 is 17.2 Å². The average Bonchev–Trinajstić information content (AvgIpc) is 3.45. The summed E-state index contributed by atoms with van der Waals surface area (Å²) in [6.07, 6.45) is 4.49. The fourth-order valence-corrected chi connectivity index (χ4v) is 3.57. The molecule has 0 aliphatic rings. The lowest BCUT2D eigenvalue weighted by molar-refractivity contribution is 0.0942. The van der Waals surface area contributed by atoms with Crippen LogP contribution in [0.3, 0.4) is 0 Å². The summed E-state index contributed by atoms with van der Waals surface area (Å²) in [5.41, 5.74) is 1.61. The SMILES string of the molecule is Cc1cnn(CCCNC(=O)c2nc(-c3cccs3)n(-c3cccc(F)c3)n2)c1. The summed E-state index contributed by atoms with van der Waals surface area (Å²) < 4.78 is 17.0. The number of nitrogens with zero attached hydrogens (tertiary/aromatic N) is 5. The van der Waals surface area contributed by atoms with Crippen LogP contribution in [0.2, 0.25) is 0 Å². The Balaban J connectivity index is 1.49. The Labute approximate surface area is 170 Å². The average molecular weight is 410 g/mol. The van der Waals surface area contributed by atoms with Crippen molar-refractivity contribution < 1.29 is 9.18 Å². The van der Waals surface area contributed by atoms with Crippen molar-refractivity contribution in [1.29, 1.82) is 0 Å². The van der Waals surface area contributed by atoms with E-state index in [0.717, 1.165) is 16.9 Å². The van der Waals surface area contributed by atoms with Gasteiger partial charge in [0.1, 0.15) is 5.82 Å². The summed E-state index contributed by atoms with van der Waals surface area (Å²) in [6, 6.07) is 9.82. The van der Waals surface area contributed by atoms with E-state index in [-0.39, 0.29) is 17.5 Å². The maximum Gasteiger partial charge on any atom is 0.290 e. The van der Waals surface area contributed by atoms with Gasteiger partial charge in [-0.2, -0.15) is 5.10 Å². The minimum absolute atomic E-state index is 0.0487. The molecule has 9 heteroatoms. The van der Waals surface area contributed by atoms with E-state index in [9.17, 15) is 9.18 Å². The number of hydrogen-bond donors (Lipinski definition) is 1. The number of aryl methyl sites for hydroxylation is 2. The van der Waals surface area contributed by atoms with Gasteiger partial charge in [-0.15, -0.1) is 16.4 Å². The van der Waals surface area contributed by atoms with Crippen LogP contribution in [0.5, 0.6) is 0 Å². The summed E-state index contributed by atoms with van der Waals surface area (Å²) in [6.45, 7) is 3.16. The third-order valence-electron chi connectivity index (χ3n) is 4.22. The van der Waals surface area contributed by atoms with Crippen LogP contribution in [-0.4, -0.2) is 37.0 Å². The molecule has 0 unspecified atom stereocenters. The fourth-order valence-electron chi connectivity index (χ4n) is 2.87. The molecular weight excluding hydrogens is 391 g/mol. The molecule has 3 aromatic heterocycles. The zero-order valence-corrected chi connectivity index (χ0v) is 16.6. The molecule has 0 aliphatic heterocycles. The van der Waals surface area contributed by atoms with Crippen LogP contribution in [-0.2, 0) is 6.54 Å². The van der Waals surface area contributed by atoms with E-state index in [1.165, 1.54) is 28.2 Å². The van der Waals surface area contributed by atoms with Crippen molar-refractivity contribution in [2.24, 2.45) is 0 Å². The maximum absolute atomic E-state index is 13.7. The molecule has 0 saturated heterocycles. The highest BCUT2D eigenvalue weighted by atomic mass is 32.1. The first-order valence-electron chi connectivity index (χ1n) is 9.14. The van der Waals surface area contributed by atoms with E-state index >= 15 is 0 Å². The van der Waals surface area contributed by atoms with Crippen LogP contribution in [0.4, 0.5) is 4.39 Å². The maximum atomic E-state index is 13.7. The van der Waals surface area contributed by atoms with E-state index in [2.05, 4.69) is 20.5 Å². The standard InChI is InChI=1S/C20H19FN6OS/c1-14-12-23-26(13-14)9-4-8-22-20(28)18-24-19(17-7-3-10-29-17)27(25-18)16-6-2-5-15(21)11-16/h2-3,5-7,10-13H,4,8-9H2,1H3,(H,22,28). The second-order valence-electron chi connectivity index (χ2n) is 6.52. The number of thiophene rings is 1. The van der Waals surface area contributed by atoms with Crippen molar-refractivity contribution in [3.63, 3.8) is 0 Å². The molecule has 0 fully saturated rings. The number of carbonyl (C=O) groups excluding carboxylic acids is 1. The van der Waals surface area contributed by atoms with Crippen molar-refractivity contribution in [3.05, 3.63) is 71.4 Å². The summed E-state index contributed by atoms with van der Waals surface area (Å²) >= 11 is 1.48. The third-order valence-corrected chi connectivity index (χ3v) is 5.08. The van der Waals surface area contributed by atoms with Gasteiger partial charge in [0.25, 0.3) is 5.91 Å². The molecular formula is C20H19FN6OS. The molecule has 3 heterocycles. The minimum Gasteiger partial charge on any atom is -0.349 e. The number of amides is 1. The Morgan fingerprint density at radius 1 is 1.28 bits per heavy atom. The Hall–Kier alpha value is -3.33. The fraction of sp³-hybridized carbons (Fsp3) is 0.200. The molecule has 4 rings (SSSR count). The smallest absolute Gasteiger partial charge is 0.290 e. The van der Waals surface area contributed by atoms with Crippen molar-refractivity contribution in [2.45, 2.75) is 19.9 Å². The lowest BCUT2D eigenvalue weighted by atomic mass is 10.3. The van der Waals surface area contributed by atoms with Gasteiger partial charge in [-0.1, -0.05) is 12.1 Å². The number of halogens is 1. The van der Waals surface area contributed by atoms with Crippen molar-refractivity contribution in [2.75, 3.05) is 6.54 Å². The highest BCUT2D eigenvalue weighted by molar-refractivity contribution is 7.13. The molecule has 0 saturated carbocycles. The Morgan fingerprint density at radius 2 is 2.17 bits per heavy atom. The van der Waals surface area contributed by atoms with Crippen LogP contribution in [0.25, 0.3) is 16.4 Å². The number of carbonyl (C=O) groups is 1. The monoisotopic (exact) mass is 410 g/mol. The molecule has 1 amide bonds. The molecule has 1 N–H and O–H groups in total. The second kappa shape index (κ2) is 8.36. The van der Waals surface area contributed by atoms with E-state index in [0.29, 0.717) is 24.6 Å². The number of benzene rings is 1. The van der Waals surface area contributed by atoms with E-state index in [1.807, 2.05) is 35.3 Å². The Morgan fingerprint density at radius 3 is 2.90 bits per heavy atom. The van der Waals surface area contributed by atoms with E-state index in [4.69, 9.17) is 0 Å². The normalized spacial score (nSPS) is 11.0. The molecule has 0 atom stereocenters. The van der Waals surface area contributed by atoms with Gasteiger partial charge in [-0.25, -0.2) is 14.1 Å². The van der Waals surface area contributed by atoms with Gasteiger partial charge < -0.3 is 5.32 Å². The van der Waals surface area contributed by atoms with Crippen LogP contribution in [0.15, 0.2) is 54.2 Å². The molecule has 29 heavy (non-hydrogen) atoms. The first-order valence-corrected chi connectivity index (χ1v) is 10.0. The van der Waals surface area contributed by atoms with Crippen molar-refractivity contribution in [3.8, 4) is 16.4 Å². The van der Waals surface area contributed by atoms with Crippen LogP contribution in [0, 0.1) is 12.7 Å².